The van der Waals surface area contributed by atoms with E-state index < -0.39 is 0 Å². The van der Waals surface area contributed by atoms with E-state index in [1.54, 1.807) is 4.90 Å². The Kier molecular flexibility index (Phi) is 5.31. The van der Waals surface area contributed by atoms with E-state index in [-0.39, 0.29) is 0 Å². The Labute approximate surface area is 134 Å². The smallest absolute Gasteiger partial charge is 0.197 e. The predicted octanol–water partition coefficient (Wildman–Crippen LogP) is 3.81. The molecule has 6 heteroatoms. The molecular formula is C15H16Cl2N4. The summed E-state index contributed by atoms with van der Waals surface area (Å²) in [6.07, 6.45) is 0. The molecule has 0 unspecified atom stereocenters. The van der Waals surface area contributed by atoms with E-state index in [2.05, 4.69) is 10.3 Å². The summed E-state index contributed by atoms with van der Waals surface area (Å²) in [6.45, 7) is 0.348. The average Bonchev–Trinajstić information content (AvgIpc) is 2.47. The van der Waals surface area contributed by atoms with Crippen molar-refractivity contribution < 1.29 is 0 Å². The Morgan fingerprint density at radius 2 is 1.95 bits per heavy atom. The highest BCUT2D eigenvalue weighted by molar-refractivity contribution is 6.33. The number of benzene rings is 2. The summed E-state index contributed by atoms with van der Waals surface area (Å²) < 4.78 is 0. The molecule has 2 aromatic carbocycles. The summed E-state index contributed by atoms with van der Waals surface area (Å²) in [7, 11) is 1.82. The lowest BCUT2D eigenvalue weighted by Crippen LogP contribution is -2.34. The van der Waals surface area contributed by atoms with Crippen molar-refractivity contribution in [3.63, 3.8) is 0 Å². The lowest BCUT2D eigenvalue weighted by molar-refractivity contribution is 1.09. The molecule has 0 fully saturated rings. The zero-order valence-electron chi connectivity index (χ0n) is 11.6. The van der Waals surface area contributed by atoms with Crippen molar-refractivity contribution in [3.05, 3.63) is 58.6 Å². The first kappa shape index (κ1) is 15.5. The van der Waals surface area contributed by atoms with Gasteiger partial charge in [-0.1, -0.05) is 41.4 Å². The number of guanidine groups is 1. The van der Waals surface area contributed by atoms with Crippen molar-refractivity contribution in [2.24, 2.45) is 10.7 Å². The maximum absolute atomic E-state index is 6.13. The van der Waals surface area contributed by atoms with Gasteiger partial charge in [-0.3, -0.25) is 0 Å². The molecule has 0 aliphatic heterocycles. The first-order valence-electron chi connectivity index (χ1n) is 6.35. The van der Waals surface area contributed by atoms with Crippen LogP contribution >= 0.6 is 23.2 Å². The molecule has 3 N–H and O–H groups in total. The third-order valence-electron chi connectivity index (χ3n) is 2.91. The monoisotopic (exact) mass is 322 g/mol. The average molecular weight is 323 g/mol. The number of hydrogen-bond donors (Lipinski definition) is 2. The first-order chi connectivity index (χ1) is 10.1. The van der Waals surface area contributed by atoms with E-state index in [1.165, 1.54) is 0 Å². The second-order valence-electron chi connectivity index (χ2n) is 4.37. The normalized spacial score (nSPS) is 11.3. The van der Waals surface area contributed by atoms with Gasteiger partial charge in [-0.15, -0.1) is 0 Å². The quantitative estimate of drug-likeness (QED) is 0.664. The second kappa shape index (κ2) is 7.20. The minimum absolute atomic E-state index is 0.348. The summed E-state index contributed by atoms with van der Waals surface area (Å²) in [5.41, 5.74) is 7.66. The summed E-state index contributed by atoms with van der Waals surface area (Å²) in [6, 6.07) is 14.9. The third kappa shape index (κ3) is 4.28. The minimum Gasteiger partial charge on any atom is -0.369 e. The van der Waals surface area contributed by atoms with E-state index >= 15 is 0 Å². The maximum atomic E-state index is 6.13. The van der Waals surface area contributed by atoms with Crippen molar-refractivity contribution in [2.75, 3.05) is 23.9 Å². The molecule has 0 amide bonds. The topological polar surface area (TPSA) is 53.6 Å². The van der Waals surface area contributed by atoms with Crippen LogP contribution in [-0.4, -0.2) is 19.7 Å². The number of para-hydroxylation sites is 1. The Bertz CT molecular complexity index is 643. The fourth-order valence-electron chi connectivity index (χ4n) is 1.76. The van der Waals surface area contributed by atoms with E-state index in [9.17, 15) is 0 Å². The summed E-state index contributed by atoms with van der Waals surface area (Å²) in [5, 5.41) is 4.42. The highest BCUT2D eigenvalue weighted by Crippen LogP contribution is 2.23. The highest BCUT2D eigenvalue weighted by Gasteiger charge is 2.08. The largest absolute Gasteiger partial charge is 0.369 e. The van der Waals surface area contributed by atoms with Crippen molar-refractivity contribution in [1.82, 2.24) is 0 Å². The Balaban J connectivity index is 1.99. The molecule has 21 heavy (non-hydrogen) atoms. The molecule has 110 valence electrons. The van der Waals surface area contributed by atoms with Crippen molar-refractivity contribution >= 4 is 40.5 Å². The Hall–Kier alpha value is -1.91. The summed E-state index contributed by atoms with van der Waals surface area (Å²) in [4.78, 5) is 6.01. The van der Waals surface area contributed by atoms with Crippen LogP contribution in [0.5, 0.6) is 0 Å². The van der Waals surface area contributed by atoms with Crippen LogP contribution < -0.4 is 16.0 Å². The zero-order valence-corrected chi connectivity index (χ0v) is 13.1. The molecule has 0 saturated heterocycles. The molecule has 0 spiro atoms. The Morgan fingerprint density at radius 3 is 2.67 bits per heavy atom. The molecule has 0 aromatic heterocycles. The van der Waals surface area contributed by atoms with Gasteiger partial charge in [0.2, 0.25) is 0 Å². The molecule has 0 saturated carbocycles. The van der Waals surface area contributed by atoms with Gasteiger partial charge in [0.1, 0.15) is 6.67 Å². The highest BCUT2D eigenvalue weighted by atomic mass is 35.5. The first-order valence-corrected chi connectivity index (χ1v) is 7.11. The molecule has 0 heterocycles. The minimum atomic E-state index is 0.348. The van der Waals surface area contributed by atoms with Crippen LogP contribution in [0, 0.1) is 0 Å². The number of rotatable bonds is 4. The molecule has 0 bridgehead atoms. The van der Waals surface area contributed by atoms with Crippen molar-refractivity contribution in [3.8, 4) is 0 Å². The van der Waals surface area contributed by atoms with Gasteiger partial charge >= 0.3 is 0 Å². The van der Waals surface area contributed by atoms with E-state index in [4.69, 9.17) is 28.9 Å². The van der Waals surface area contributed by atoms with Crippen LogP contribution in [0.2, 0.25) is 10.0 Å². The van der Waals surface area contributed by atoms with Gasteiger partial charge in [0.25, 0.3) is 0 Å². The van der Waals surface area contributed by atoms with Gasteiger partial charge in [0, 0.05) is 17.8 Å². The molecule has 2 rings (SSSR count). The number of nitrogens with zero attached hydrogens (tertiary/aromatic N) is 2. The van der Waals surface area contributed by atoms with E-state index in [0.717, 1.165) is 11.4 Å². The predicted molar refractivity (Wildman–Crippen MR) is 91.4 cm³/mol. The van der Waals surface area contributed by atoms with Gasteiger partial charge in [-0.2, -0.15) is 0 Å². The maximum Gasteiger partial charge on any atom is 0.197 e. The number of nitrogens with one attached hydrogen (secondary N) is 1. The van der Waals surface area contributed by atoms with Crippen molar-refractivity contribution in [2.45, 2.75) is 0 Å². The fraction of sp³-hybridized carbons (Fsp3) is 0.133. The Morgan fingerprint density at radius 1 is 1.19 bits per heavy atom. The lowest BCUT2D eigenvalue weighted by atomic mass is 10.3. The molecule has 0 atom stereocenters. The number of anilines is 2. The molecule has 0 aliphatic rings. The van der Waals surface area contributed by atoms with Crippen LogP contribution in [-0.2, 0) is 0 Å². The lowest BCUT2D eigenvalue weighted by Gasteiger charge is -2.19. The van der Waals surface area contributed by atoms with Crippen LogP contribution in [0.25, 0.3) is 0 Å². The van der Waals surface area contributed by atoms with Gasteiger partial charge in [-0.25, -0.2) is 4.99 Å². The number of aliphatic imine (C=N–C) groups is 1. The second-order valence-corrected chi connectivity index (χ2v) is 5.22. The van der Waals surface area contributed by atoms with Crippen LogP contribution in [0.1, 0.15) is 0 Å². The third-order valence-corrected chi connectivity index (χ3v) is 3.46. The summed E-state index contributed by atoms with van der Waals surface area (Å²) in [5.74, 6) is 0.373. The van der Waals surface area contributed by atoms with E-state index in [1.807, 2.05) is 55.6 Å². The number of halogens is 2. The number of hydrogen-bond acceptors (Lipinski definition) is 2. The van der Waals surface area contributed by atoms with Crippen LogP contribution in [0.15, 0.2) is 53.5 Å². The molecule has 0 radical (unpaired) electrons. The van der Waals surface area contributed by atoms with Crippen LogP contribution in [0.3, 0.4) is 0 Å². The van der Waals surface area contributed by atoms with Gasteiger partial charge < -0.3 is 16.0 Å². The molecule has 2 aromatic rings. The SMILES string of the molecule is CN(C(N)=NCNc1cccc(Cl)c1)c1ccccc1Cl. The molecule has 4 nitrogen and oxygen atoms in total. The molecule has 0 aliphatic carbocycles. The van der Waals surface area contributed by atoms with Gasteiger partial charge in [0.05, 0.1) is 10.7 Å². The molecular weight excluding hydrogens is 307 g/mol. The van der Waals surface area contributed by atoms with Crippen molar-refractivity contribution in [1.29, 1.82) is 0 Å². The number of nitrogens with two attached hydrogens (primary N) is 1. The summed E-state index contributed by atoms with van der Waals surface area (Å²) >= 11 is 12.0. The zero-order chi connectivity index (χ0) is 15.2. The van der Waals surface area contributed by atoms with Crippen LogP contribution in [0.4, 0.5) is 11.4 Å². The standard InChI is InChI=1S/C15H16Cl2N4/c1-21(14-8-3-2-7-13(14)17)15(18)20-10-19-12-6-4-5-11(16)9-12/h2-9,19H,10H2,1H3,(H2,18,20). The van der Waals surface area contributed by atoms with E-state index in [0.29, 0.717) is 22.7 Å². The van der Waals surface area contributed by atoms with Gasteiger partial charge in [0.15, 0.2) is 5.96 Å². The fourth-order valence-corrected chi connectivity index (χ4v) is 2.22. The van der Waals surface area contributed by atoms with Gasteiger partial charge in [-0.05, 0) is 30.3 Å².